The molecule has 8 aromatic rings. The number of aromatic nitrogens is 3. The number of nitrogens with zero attached hydrogens (tertiary/aromatic N) is 4. The summed E-state index contributed by atoms with van der Waals surface area (Å²) >= 11 is 0. The van der Waals surface area contributed by atoms with Gasteiger partial charge in [-0.05, 0) is 63.7 Å². The van der Waals surface area contributed by atoms with Crippen molar-refractivity contribution in [1.29, 1.82) is 0 Å². The third-order valence-electron chi connectivity index (χ3n) is 10.9. The summed E-state index contributed by atoms with van der Waals surface area (Å²) in [5.41, 5.74) is 13.2. The Labute approximate surface area is 308 Å². The van der Waals surface area contributed by atoms with Gasteiger partial charge in [0.05, 0.1) is 22.6 Å². The van der Waals surface area contributed by atoms with Gasteiger partial charge < -0.3 is 4.90 Å². The monoisotopic (exact) mass is 682 g/mol. The van der Waals surface area contributed by atoms with Crippen molar-refractivity contribution < 1.29 is 4.79 Å². The van der Waals surface area contributed by atoms with Gasteiger partial charge in [0.15, 0.2) is 17.4 Å². The molecule has 0 saturated carbocycles. The molecule has 10 rings (SSSR count). The summed E-state index contributed by atoms with van der Waals surface area (Å²) in [5, 5.41) is 9.57. The molecule has 0 spiro atoms. The van der Waals surface area contributed by atoms with Crippen LogP contribution in [0.2, 0.25) is 0 Å². The van der Waals surface area contributed by atoms with Gasteiger partial charge in [-0.25, -0.2) is 0 Å². The van der Waals surface area contributed by atoms with Crippen molar-refractivity contribution in [2.75, 3.05) is 4.90 Å². The highest BCUT2D eigenvalue weighted by molar-refractivity contribution is 6.28. The number of rotatable bonds is 5. The van der Waals surface area contributed by atoms with Gasteiger partial charge in [0, 0.05) is 27.8 Å². The van der Waals surface area contributed by atoms with Crippen molar-refractivity contribution in [3.63, 3.8) is 0 Å². The maximum Gasteiger partial charge on any atom is 0.197 e. The Morgan fingerprint density at radius 2 is 0.906 bits per heavy atom. The van der Waals surface area contributed by atoms with E-state index >= 15 is 4.79 Å². The van der Waals surface area contributed by atoms with E-state index in [4.69, 9.17) is 10.2 Å². The largest absolute Gasteiger partial charge is 0.309 e. The third kappa shape index (κ3) is 4.60. The Hall–Kier alpha value is -6.85. The number of anilines is 3. The first-order chi connectivity index (χ1) is 26.0. The second-order valence-electron chi connectivity index (χ2n) is 14.2. The smallest absolute Gasteiger partial charge is 0.197 e. The molecule has 0 amide bonds. The predicted octanol–water partition coefficient (Wildman–Crippen LogP) is 11.6. The second-order valence-corrected chi connectivity index (χ2v) is 14.2. The highest BCUT2D eigenvalue weighted by atomic mass is 16.1. The number of ketones is 1. The summed E-state index contributed by atoms with van der Waals surface area (Å²) in [6, 6.07) is 58.2. The van der Waals surface area contributed by atoms with Gasteiger partial charge >= 0.3 is 0 Å². The average Bonchev–Trinajstić information content (AvgIpc) is 3.79. The summed E-state index contributed by atoms with van der Waals surface area (Å²) < 4.78 is 2.11. The van der Waals surface area contributed by atoms with Gasteiger partial charge in [0.25, 0.3) is 0 Å². The molecule has 5 nitrogen and oxygen atoms in total. The molecule has 0 N–H and O–H groups in total. The summed E-state index contributed by atoms with van der Waals surface area (Å²) in [7, 11) is 0. The lowest BCUT2D eigenvalue weighted by molar-refractivity contribution is 0.104. The Morgan fingerprint density at radius 3 is 1.58 bits per heavy atom. The number of hydrogen-bond donors (Lipinski definition) is 0. The number of benzene rings is 7. The molecule has 5 heteroatoms. The lowest BCUT2D eigenvalue weighted by Crippen LogP contribution is -2.31. The minimum atomic E-state index is -0.202. The van der Waals surface area contributed by atoms with Gasteiger partial charge in [-0.1, -0.05) is 153 Å². The van der Waals surface area contributed by atoms with E-state index in [0.29, 0.717) is 11.4 Å². The second kappa shape index (κ2) is 11.9. The first-order valence-electron chi connectivity index (χ1n) is 18.0. The standard InChI is InChI=1S/C48H34N4O/c1-48(2)38-26-11-13-28-40(38)52(41-29-14-12-27-39(41)48)42-30-16-25-36-35-24-15-23-34(43(35)45(53)44(36)42)33-21-9-10-22-37(33)47-50-49-46(31-17-5-3-6-18-31)51(47)32-19-7-4-8-20-32/h3-30H,1-2H3. The van der Waals surface area contributed by atoms with E-state index in [1.165, 1.54) is 11.1 Å². The van der Waals surface area contributed by atoms with Crippen LogP contribution in [0, 0.1) is 0 Å². The van der Waals surface area contributed by atoms with Crippen molar-refractivity contribution in [2.24, 2.45) is 0 Å². The van der Waals surface area contributed by atoms with Crippen LogP contribution < -0.4 is 4.90 Å². The van der Waals surface area contributed by atoms with E-state index < -0.39 is 0 Å². The van der Waals surface area contributed by atoms with Crippen molar-refractivity contribution in [3.8, 4) is 50.7 Å². The van der Waals surface area contributed by atoms with Crippen LogP contribution in [0.1, 0.15) is 40.9 Å². The number of hydrogen-bond acceptors (Lipinski definition) is 4. The van der Waals surface area contributed by atoms with E-state index in [0.717, 1.165) is 67.5 Å². The van der Waals surface area contributed by atoms with Gasteiger partial charge in [-0.3, -0.25) is 9.36 Å². The number of carbonyl (C=O) groups is 1. The van der Waals surface area contributed by atoms with Crippen LogP contribution in [0.5, 0.6) is 0 Å². The molecule has 0 unspecified atom stereocenters. The highest BCUT2D eigenvalue weighted by Crippen LogP contribution is 2.55. The molecule has 0 radical (unpaired) electrons. The Balaban J connectivity index is 1.16. The number of fused-ring (bicyclic) bond motifs is 5. The molecule has 2 aliphatic rings. The molecule has 2 heterocycles. The van der Waals surface area contributed by atoms with Crippen molar-refractivity contribution >= 4 is 22.8 Å². The van der Waals surface area contributed by atoms with Gasteiger partial charge in [0.2, 0.25) is 0 Å². The average molecular weight is 683 g/mol. The molecular weight excluding hydrogens is 649 g/mol. The Kier molecular flexibility index (Phi) is 6.92. The lowest BCUT2D eigenvalue weighted by Gasteiger charge is -2.42. The molecule has 0 fully saturated rings. The van der Waals surface area contributed by atoms with Crippen LogP contribution >= 0.6 is 0 Å². The summed E-state index contributed by atoms with van der Waals surface area (Å²) in [6.07, 6.45) is 0. The van der Waals surface area contributed by atoms with E-state index in [9.17, 15) is 0 Å². The normalized spacial score (nSPS) is 13.6. The fourth-order valence-electron chi connectivity index (χ4n) is 8.46. The zero-order valence-electron chi connectivity index (χ0n) is 29.4. The summed E-state index contributed by atoms with van der Waals surface area (Å²) in [4.78, 5) is 17.5. The van der Waals surface area contributed by atoms with Crippen LogP contribution in [0.3, 0.4) is 0 Å². The minimum Gasteiger partial charge on any atom is -0.309 e. The van der Waals surface area contributed by atoms with E-state index in [1.807, 2.05) is 48.5 Å². The fraction of sp³-hybridized carbons (Fsp3) is 0.0625. The van der Waals surface area contributed by atoms with Crippen molar-refractivity contribution in [1.82, 2.24) is 14.8 Å². The number of carbonyl (C=O) groups excluding carboxylic acids is 1. The number of para-hydroxylation sites is 3. The zero-order chi connectivity index (χ0) is 35.7. The third-order valence-corrected chi connectivity index (χ3v) is 10.9. The SMILES string of the molecule is CC1(C)c2ccccc2N(c2cccc3c2C(=O)c2c(-c4ccccc4-c4nnc(-c5ccccc5)n4-c4ccccc4)cccc2-3)c2ccccc21. The van der Waals surface area contributed by atoms with Crippen molar-refractivity contribution in [2.45, 2.75) is 19.3 Å². The predicted molar refractivity (Wildman–Crippen MR) is 213 cm³/mol. The van der Waals surface area contributed by atoms with Gasteiger partial charge in [0.1, 0.15) is 0 Å². The topological polar surface area (TPSA) is 51.0 Å². The van der Waals surface area contributed by atoms with E-state index in [2.05, 4.69) is 145 Å². The summed E-state index contributed by atoms with van der Waals surface area (Å²) in [6.45, 7) is 4.56. The molecule has 53 heavy (non-hydrogen) atoms. The molecule has 1 aliphatic heterocycles. The van der Waals surface area contributed by atoms with E-state index in [-0.39, 0.29) is 11.2 Å². The van der Waals surface area contributed by atoms with Crippen LogP contribution in [-0.4, -0.2) is 20.5 Å². The molecule has 1 aromatic heterocycles. The Bertz CT molecular complexity index is 2680. The van der Waals surface area contributed by atoms with Crippen molar-refractivity contribution in [3.05, 3.63) is 192 Å². The first-order valence-corrected chi connectivity index (χ1v) is 18.0. The van der Waals surface area contributed by atoms with Crippen LogP contribution in [0.15, 0.2) is 170 Å². The molecule has 0 atom stereocenters. The lowest BCUT2D eigenvalue weighted by atomic mass is 9.73. The van der Waals surface area contributed by atoms with Crippen LogP contribution in [0.4, 0.5) is 17.1 Å². The molecule has 7 aromatic carbocycles. The molecular formula is C48H34N4O. The highest BCUT2D eigenvalue weighted by Gasteiger charge is 2.40. The summed E-state index contributed by atoms with van der Waals surface area (Å²) in [5.74, 6) is 1.47. The van der Waals surface area contributed by atoms with Gasteiger partial charge in [-0.15, -0.1) is 10.2 Å². The molecule has 252 valence electrons. The maximum atomic E-state index is 15.2. The van der Waals surface area contributed by atoms with E-state index in [1.54, 1.807) is 0 Å². The molecule has 1 aliphatic carbocycles. The quantitative estimate of drug-likeness (QED) is 0.181. The fourth-order valence-corrected chi connectivity index (χ4v) is 8.46. The Morgan fingerprint density at radius 1 is 0.434 bits per heavy atom. The maximum absolute atomic E-state index is 15.2. The van der Waals surface area contributed by atoms with Gasteiger partial charge in [-0.2, -0.15) is 0 Å². The zero-order valence-corrected chi connectivity index (χ0v) is 29.4. The minimum absolute atomic E-state index is 0.0188. The van der Waals surface area contributed by atoms with Crippen LogP contribution in [0.25, 0.3) is 50.7 Å². The molecule has 0 bridgehead atoms. The van der Waals surface area contributed by atoms with Crippen LogP contribution in [-0.2, 0) is 5.41 Å². The first kappa shape index (κ1) is 30.9. The molecule has 0 saturated heterocycles.